The summed E-state index contributed by atoms with van der Waals surface area (Å²) in [6, 6.07) is 11.3. The fourth-order valence-corrected chi connectivity index (χ4v) is 3.43. The van der Waals surface area contributed by atoms with Gasteiger partial charge in [0.1, 0.15) is 5.75 Å². The van der Waals surface area contributed by atoms with Crippen LogP contribution in [0.15, 0.2) is 40.9 Å². The standard InChI is InChI=1S/C19H21BrN2O2/c1-13-4-3-5-17(14(13)2)21-8-10-22(11-9-21)19(24)16-7-6-15(20)12-18(16)23/h3-7,12,23H,8-11H2,1-2H3. The summed E-state index contributed by atoms with van der Waals surface area (Å²) in [7, 11) is 0. The van der Waals surface area contributed by atoms with Gasteiger partial charge in [-0.1, -0.05) is 28.1 Å². The molecule has 1 heterocycles. The molecule has 0 saturated carbocycles. The van der Waals surface area contributed by atoms with Crippen LogP contribution >= 0.6 is 15.9 Å². The van der Waals surface area contributed by atoms with E-state index in [9.17, 15) is 9.90 Å². The average molecular weight is 389 g/mol. The fourth-order valence-electron chi connectivity index (χ4n) is 3.08. The van der Waals surface area contributed by atoms with E-state index >= 15 is 0 Å². The number of aromatic hydroxyl groups is 1. The summed E-state index contributed by atoms with van der Waals surface area (Å²) in [5.41, 5.74) is 4.18. The number of rotatable bonds is 2. The van der Waals surface area contributed by atoms with E-state index in [1.54, 1.807) is 18.2 Å². The van der Waals surface area contributed by atoms with Crippen LogP contribution in [0.3, 0.4) is 0 Å². The van der Waals surface area contributed by atoms with Gasteiger partial charge in [-0.2, -0.15) is 0 Å². The Bertz CT molecular complexity index is 768. The molecule has 1 aliphatic heterocycles. The molecule has 0 aromatic heterocycles. The van der Waals surface area contributed by atoms with Gasteiger partial charge in [-0.3, -0.25) is 4.79 Å². The predicted octanol–water partition coefficient (Wildman–Crippen LogP) is 3.73. The highest BCUT2D eigenvalue weighted by molar-refractivity contribution is 9.10. The summed E-state index contributed by atoms with van der Waals surface area (Å²) in [6.07, 6.45) is 0. The highest BCUT2D eigenvalue weighted by atomic mass is 79.9. The van der Waals surface area contributed by atoms with Crippen molar-refractivity contribution in [3.05, 3.63) is 57.6 Å². The van der Waals surface area contributed by atoms with Gasteiger partial charge in [-0.25, -0.2) is 0 Å². The summed E-state index contributed by atoms with van der Waals surface area (Å²) in [5.74, 6) is -0.0908. The van der Waals surface area contributed by atoms with Crippen molar-refractivity contribution in [3.63, 3.8) is 0 Å². The van der Waals surface area contributed by atoms with Crippen molar-refractivity contribution >= 4 is 27.5 Å². The highest BCUT2D eigenvalue weighted by Crippen LogP contribution is 2.26. The molecule has 4 nitrogen and oxygen atoms in total. The second-order valence-corrected chi connectivity index (χ2v) is 7.08. The van der Waals surface area contributed by atoms with Crippen LogP contribution in [-0.4, -0.2) is 42.1 Å². The number of piperazine rings is 1. The first-order valence-corrected chi connectivity index (χ1v) is 8.85. The largest absolute Gasteiger partial charge is 0.507 e. The Labute approximate surface area is 150 Å². The molecule has 5 heteroatoms. The molecular weight excluding hydrogens is 368 g/mol. The van der Waals surface area contributed by atoms with Crippen molar-refractivity contribution in [1.29, 1.82) is 0 Å². The summed E-state index contributed by atoms with van der Waals surface area (Å²) < 4.78 is 0.760. The Balaban J connectivity index is 1.71. The van der Waals surface area contributed by atoms with Crippen LogP contribution in [0.1, 0.15) is 21.5 Å². The Hall–Kier alpha value is -2.01. The number of hydrogen-bond acceptors (Lipinski definition) is 3. The van der Waals surface area contributed by atoms with Crippen LogP contribution in [0, 0.1) is 13.8 Å². The smallest absolute Gasteiger partial charge is 0.257 e. The maximum Gasteiger partial charge on any atom is 0.257 e. The molecule has 0 aliphatic carbocycles. The normalized spacial score (nSPS) is 14.8. The lowest BCUT2D eigenvalue weighted by atomic mass is 10.1. The van der Waals surface area contributed by atoms with Crippen molar-refractivity contribution in [2.24, 2.45) is 0 Å². The van der Waals surface area contributed by atoms with Gasteiger partial charge in [-0.15, -0.1) is 0 Å². The molecule has 24 heavy (non-hydrogen) atoms. The van der Waals surface area contributed by atoms with Crippen LogP contribution in [0.25, 0.3) is 0 Å². The van der Waals surface area contributed by atoms with Gasteiger partial charge in [-0.05, 0) is 49.2 Å². The number of halogens is 1. The molecule has 0 bridgehead atoms. The van der Waals surface area contributed by atoms with Crippen molar-refractivity contribution in [3.8, 4) is 5.75 Å². The number of carbonyl (C=O) groups is 1. The third kappa shape index (κ3) is 3.26. The zero-order valence-corrected chi connectivity index (χ0v) is 15.5. The monoisotopic (exact) mass is 388 g/mol. The third-order valence-corrected chi connectivity index (χ3v) is 5.17. The van der Waals surface area contributed by atoms with E-state index in [-0.39, 0.29) is 11.7 Å². The van der Waals surface area contributed by atoms with Crippen molar-refractivity contribution in [1.82, 2.24) is 4.90 Å². The maximum absolute atomic E-state index is 12.6. The minimum Gasteiger partial charge on any atom is -0.507 e. The van der Waals surface area contributed by atoms with Crippen molar-refractivity contribution < 1.29 is 9.90 Å². The first-order valence-electron chi connectivity index (χ1n) is 8.06. The second kappa shape index (κ2) is 6.85. The van der Waals surface area contributed by atoms with Gasteiger partial charge in [0.15, 0.2) is 0 Å². The average Bonchev–Trinajstić information content (AvgIpc) is 2.57. The van der Waals surface area contributed by atoms with Crippen molar-refractivity contribution in [2.75, 3.05) is 31.1 Å². The molecule has 1 N–H and O–H groups in total. The minimum absolute atomic E-state index is 0.0198. The van der Waals surface area contributed by atoms with Gasteiger partial charge in [0.05, 0.1) is 5.56 Å². The molecule has 0 spiro atoms. The van der Waals surface area contributed by atoms with E-state index in [0.29, 0.717) is 18.7 Å². The molecule has 0 unspecified atom stereocenters. The first kappa shape index (κ1) is 16.8. The molecule has 0 radical (unpaired) electrons. The number of aryl methyl sites for hydroxylation is 1. The van der Waals surface area contributed by atoms with Gasteiger partial charge in [0.25, 0.3) is 5.91 Å². The Morgan fingerprint density at radius 2 is 1.79 bits per heavy atom. The number of phenolic OH excluding ortho intramolecular Hbond substituents is 1. The lowest BCUT2D eigenvalue weighted by Crippen LogP contribution is -2.49. The van der Waals surface area contributed by atoms with Crippen LogP contribution in [0.5, 0.6) is 5.75 Å². The maximum atomic E-state index is 12.6. The van der Waals surface area contributed by atoms with E-state index in [4.69, 9.17) is 0 Å². The molecular formula is C19H21BrN2O2. The highest BCUT2D eigenvalue weighted by Gasteiger charge is 2.24. The third-order valence-electron chi connectivity index (χ3n) is 4.67. The molecule has 1 amide bonds. The van der Waals surface area contributed by atoms with Crippen LogP contribution in [-0.2, 0) is 0 Å². The SMILES string of the molecule is Cc1cccc(N2CCN(C(=O)c3ccc(Br)cc3O)CC2)c1C. The Kier molecular flexibility index (Phi) is 4.81. The quantitative estimate of drug-likeness (QED) is 0.851. The fraction of sp³-hybridized carbons (Fsp3) is 0.316. The summed E-state index contributed by atoms with van der Waals surface area (Å²) >= 11 is 3.30. The molecule has 2 aromatic rings. The van der Waals surface area contributed by atoms with E-state index in [2.05, 4.69) is 52.9 Å². The summed E-state index contributed by atoms with van der Waals surface area (Å²) in [4.78, 5) is 16.8. The molecule has 1 fully saturated rings. The zero-order valence-electron chi connectivity index (χ0n) is 13.9. The summed E-state index contributed by atoms with van der Waals surface area (Å²) in [6.45, 7) is 7.17. The van der Waals surface area contributed by atoms with E-state index < -0.39 is 0 Å². The van der Waals surface area contributed by atoms with Crippen LogP contribution in [0.2, 0.25) is 0 Å². The molecule has 126 valence electrons. The molecule has 1 aliphatic rings. The summed E-state index contributed by atoms with van der Waals surface area (Å²) in [5, 5.41) is 10.0. The predicted molar refractivity (Wildman–Crippen MR) is 99.8 cm³/mol. The topological polar surface area (TPSA) is 43.8 Å². The first-order chi connectivity index (χ1) is 11.5. The number of amides is 1. The molecule has 1 saturated heterocycles. The van der Waals surface area contributed by atoms with Gasteiger partial charge >= 0.3 is 0 Å². The lowest BCUT2D eigenvalue weighted by Gasteiger charge is -2.37. The van der Waals surface area contributed by atoms with Gasteiger partial charge in [0, 0.05) is 36.3 Å². The number of nitrogens with zero attached hydrogens (tertiary/aromatic N) is 2. The molecule has 0 atom stereocenters. The van der Waals surface area contributed by atoms with E-state index in [1.807, 2.05) is 4.90 Å². The lowest BCUT2D eigenvalue weighted by molar-refractivity contribution is 0.0743. The van der Waals surface area contributed by atoms with Crippen molar-refractivity contribution in [2.45, 2.75) is 13.8 Å². The number of phenols is 1. The van der Waals surface area contributed by atoms with E-state index in [1.165, 1.54) is 16.8 Å². The number of anilines is 1. The van der Waals surface area contributed by atoms with Gasteiger partial charge < -0.3 is 14.9 Å². The number of hydrogen-bond donors (Lipinski definition) is 1. The Morgan fingerprint density at radius 3 is 2.46 bits per heavy atom. The van der Waals surface area contributed by atoms with Crippen LogP contribution < -0.4 is 4.90 Å². The Morgan fingerprint density at radius 1 is 1.08 bits per heavy atom. The molecule has 2 aromatic carbocycles. The van der Waals surface area contributed by atoms with Gasteiger partial charge in [0.2, 0.25) is 0 Å². The van der Waals surface area contributed by atoms with E-state index in [0.717, 1.165) is 17.6 Å². The molecule has 3 rings (SSSR count). The zero-order chi connectivity index (χ0) is 17.3. The van der Waals surface area contributed by atoms with Crippen LogP contribution in [0.4, 0.5) is 5.69 Å². The minimum atomic E-state index is -0.111. The number of carbonyl (C=O) groups excluding carboxylic acids is 1. The number of benzene rings is 2. The second-order valence-electron chi connectivity index (χ2n) is 6.16.